The molecule has 0 saturated heterocycles. The molecule has 1 heterocycles. The van der Waals surface area contributed by atoms with Crippen LogP contribution in [0, 0.1) is 0 Å². The van der Waals surface area contributed by atoms with Gasteiger partial charge in [0.1, 0.15) is 0 Å². The van der Waals surface area contributed by atoms with Gasteiger partial charge in [0.05, 0.1) is 10.9 Å². The van der Waals surface area contributed by atoms with Crippen LogP contribution in [0.4, 0.5) is 5.69 Å². The van der Waals surface area contributed by atoms with Crippen LogP contribution in [0.25, 0.3) is 0 Å². The third-order valence-corrected chi connectivity index (χ3v) is 6.54. The fourth-order valence-electron chi connectivity index (χ4n) is 2.89. The zero-order chi connectivity index (χ0) is 20.9. The number of nitrogens with zero attached hydrogens (tertiary/aromatic N) is 1. The smallest absolute Gasteiger partial charge is 0.261 e. The van der Waals surface area contributed by atoms with Gasteiger partial charge in [-0.2, -0.15) is 11.3 Å². The SMILES string of the molecule is CN(C)C(CNC(=O)c1cccc(NS(=O)(=O)c2ccccc2)c1)c1ccsc1. The zero-order valence-electron chi connectivity index (χ0n) is 16.2. The third-order valence-electron chi connectivity index (χ3n) is 4.44. The third kappa shape index (κ3) is 5.44. The first kappa shape index (κ1) is 21.0. The Morgan fingerprint density at radius 2 is 1.83 bits per heavy atom. The van der Waals surface area contributed by atoms with Gasteiger partial charge in [-0.25, -0.2) is 8.42 Å². The number of anilines is 1. The lowest BCUT2D eigenvalue weighted by atomic mass is 10.1. The average Bonchev–Trinajstić information content (AvgIpc) is 3.23. The van der Waals surface area contributed by atoms with Crippen LogP contribution < -0.4 is 10.0 Å². The lowest BCUT2D eigenvalue weighted by Crippen LogP contribution is -2.34. The standard InChI is InChI=1S/C21H23N3O3S2/c1-24(2)20(17-11-12-28-15-17)14-22-21(25)16-7-6-8-18(13-16)23-29(26,27)19-9-4-3-5-10-19/h3-13,15,20,23H,14H2,1-2H3,(H,22,25). The topological polar surface area (TPSA) is 78.5 Å². The van der Waals surface area contributed by atoms with Crippen LogP contribution in [-0.2, 0) is 10.0 Å². The van der Waals surface area contributed by atoms with E-state index in [1.165, 1.54) is 18.2 Å². The molecule has 3 rings (SSSR count). The second-order valence-corrected chi connectivity index (χ2v) is 9.21. The Hall–Kier alpha value is -2.68. The fraction of sp³-hybridized carbons (Fsp3) is 0.190. The van der Waals surface area contributed by atoms with Gasteiger partial charge in [0.15, 0.2) is 0 Å². The van der Waals surface area contributed by atoms with Crippen molar-refractivity contribution in [3.63, 3.8) is 0 Å². The summed E-state index contributed by atoms with van der Waals surface area (Å²) in [6, 6.07) is 16.7. The number of benzene rings is 2. The average molecular weight is 430 g/mol. The number of carbonyl (C=O) groups excluding carboxylic acids is 1. The van der Waals surface area contributed by atoms with Crippen molar-refractivity contribution >= 4 is 33.0 Å². The maximum atomic E-state index is 12.6. The van der Waals surface area contributed by atoms with Crippen LogP contribution in [0.3, 0.4) is 0 Å². The van der Waals surface area contributed by atoms with E-state index in [2.05, 4.69) is 15.4 Å². The van der Waals surface area contributed by atoms with Gasteiger partial charge < -0.3 is 10.2 Å². The summed E-state index contributed by atoms with van der Waals surface area (Å²) in [7, 11) is 0.222. The quantitative estimate of drug-likeness (QED) is 0.574. The van der Waals surface area contributed by atoms with Crippen molar-refractivity contribution in [2.45, 2.75) is 10.9 Å². The Morgan fingerprint density at radius 3 is 2.48 bits per heavy atom. The van der Waals surface area contributed by atoms with Crippen LogP contribution in [0.15, 0.2) is 76.3 Å². The molecule has 0 radical (unpaired) electrons. The molecule has 0 aliphatic heterocycles. The summed E-state index contributed by atoms with van der Waals surface area (Å²) in [5, 5.41) is 7.01. The summed E-state index contributed by atoms with van der Waals surface area (Å²) < 4.78 is 27.5. The molecule has 0 aliphatic carbocycles. The van der Waals surface area contributed by atoms with Crippen LogP contribution in [0.5, 0.6) is 0 Å². The van der Waals surface area contributed by atoms with Crippen molar-refractivity contribution in [2.24, 2.45) is 0 Å². The molecule has 152 valence electrons. The molecular weight excluding hydrogens is 406 g/mol. The van der Waals surface area contributed by atoms with E-state index in [1.807, 2.05) is 30.4 Å². The number of rotatable bonds is 8. The number of hydrogen-bond donors (Lipinski definition) is 2. The van der Waals surface area contributed by atoms with Crippen LogP contribution in [0.2, 0.25) is 0 Å². The van der Waals surface area contributed by atoms with Crippen molar-refractivity contribution in [3.8, 4) is 0 Å². The molecule has 0 aliphatic rings. The maximum Gasteiger partial charge on any atom is 0.261 e. The molecule has 0 fully saturated rings. The highest BCUT2D eigenvalue weighted by Gasteiger charge is 2.17. The number of hydrogen-bond acceptors (Lipinski definition) is 5. The summed E-state index contributed by atoms with van der Waals surface area (Å²) in [4.78, 5) is 14.8. The minimum absolute atomic E-state index is 0.0602. The number of amides is 1. The largest absolute Gasteiger partial charge is 0.350 e. The molecule has 0 bridgehead atoms. The van der Waals surface area contributed by atoms with Crippen LogP contribution in [-0.4, -0.2) is 39.9 Å². The Kier molecular flexibility index (Phi) is 6.68. The number of nitrogens with one attached hydrogen (secondary N) is 2. The predicted octanol–water partition coefficient (Wildman–Crippen LogP) is 3.58. The van der Waals surface area contributed by atoms with E-state index in [1.54, 1.807) is 47.7 Å². The van der Waals surface area contributed by atoms with Gasteiger partial charge in [0.25, 0.3) is 15.9 Å². The number of carbonyl (C=O) groups is 1. The molecule has 1 unspecified atom stereocenters. The van der Waals surface area contributed by atoms with Crippen molar-refractivity contribution < 1.29 is 13.2 Å². The Labute approximate surface area is 175 Å². The van der Waals surface area contributed by atoms with Crippen molar-refractivity contribution in [1.29, 1.82) is 0 Å². The molecule has 8 heteroatoms. The molecule has 3 aromatic rings. The van der Waals surface area contributed by atoms with E-state index in [0.717, 1.165) is 5.56 Å². The lowest BCUT2D eigenvalue weighted by Gasteiger charge is -2.24. The van der Waals surface area contributed by atoms with E-state index in [9.17, 15) is 13.2 Å². The number of thiophene rings is 1. The highest BCUT2D eigenvalue weighted by Crippen LogP contribution is 2.21. The molecule has 0 spiro atoms. The molecule has 1 aromatic heterocycles. The first-order valence-electron chi connectivity index (χ1n) is 9.01. The maximum absolute atomic E-state index is 12.6. The van der Waals surface area contributed by atoms with E-state index in [4.69, 9.17) is 0 Å². The highest BCUT2D eigenvalue weighted by molar-refractivity contribution is 7.92. The van der Waals surface area contributed by atoms with Crippen LogP contribution in [0.1, 0.15) is 22.0 Å². The molecule has 1 amide bonds. The normalized spacial score (nSPS) is 12.5. The van der Waals surface area contributed by atoms with Gasteiger partial charge in [0.2, 0.25) is 0 Å². The minimum atomic E-state index is -3.71. The van der Waals surface area contributed by atoms with E-state index < -0.39 is 10.0 Å². The Morgan fingerprint density at radius 1 is 1.07 bits per heavy atom. The minimum Gasteiger partial charge on any atom is -0.350 e. The summed E-state index contributed by atoms with van der Waals surface area (Å²) in [5.41, 5.74) is 1.87. The summed E-state index contributed by atoms with van der Waals surface area (Å²) >= 11 is 1.62. The molecule has 6 nitrogen and oxygen atoms in total. The van der Waals surface area contributed by atoms with Crippen molar-refractivity contribution in [1.82, 2.24) is 10.2 Å². The van der Waals surface area contributed by atoms with Gasteiger partial charge >= 0.3 is 0 Å². The first-order chi connectivity index (χ1) is 13.9. The molecule has 29 heavy (non-hydrogen) atoms. The van der Waals surface area contributed by atoms with Gasteiger partial charge in [-0.15, -0.1) is 0 Å². The highest BCUT2D eigenvalue weighted by atomic mass is 32.2. The molecular formula is C21H23N3O3S2. The molecule has 1 atom stereocenters. The first-order valence-corrected chi connectivity index (χ1v) is 11.4. The van der Waals surface area contributed by atoms with E-state index in [-0.39, 0.29) is 16.8 Å². The lowest BCUT2D eigenvalue weighted by molar-refractivity contribution is 0.0942. The van der Waals surface area contributed by atoms with E-state index >= 15 is 0 Å². The van der Waals surface area contributed by atoms with Crippen molar-refractivity contribution in [2.75, 3.05) is 25.4 Å². The Bertz CT molecular complexity index is 1050. The second kappa shape index (κ2) is 9.21. The summed E-state index contributed by atoms with van der Waals surface area (Å²) in [6.45, 7) is 0.447. The zero-order valence-corrected chi connectivity index (χ0v) is 17.8. The molecule has 0 saturated carbocycles. The molecule has 2 N–H and O–H groups in total. The summed E-state index contributed by atoms with van der Waals surface area (Å²) in [5.74, 6) is -0.257. The molecule has 2 aromatic carbocycles. The monoisotopic (exact) mass is 429 g/mol. The summed E-state index contributed by atoms with van der Waals surface area (Å²) in [6.07, 6.45) is 0. The Balaban J connectivity index is 1.69. The van der Waals surface area contributed by atoms with Crippen LogP contribution >= 0.6 is 11.3 Å². The van der Waals surface area contributed by atoms with Gasteiger partial charge in [-0.3, -0.25) is 9.52 Å². The predicted molar refractivity (Wildman–Crippen MR) is 117 cm³/mol. The van der Waals surface area contributed by atoms with Gasteiger partial charge in [0, 0.05) is 17.8 Å². The van der Waals surface area contributed by atoms with Crippen molar-refractivity contribution in [3.05, 3.63) is 82.6 Å². The van der Waals surface area contributed by atoms with E-state index in [0.29, 0.717) is 17.8 Å². The number of likely N-dealkylation sites (N-methyl/N-ethyl adjacent to an activating group) is 1. The fourth-order valence-corrected chi connectivity index (χ4v) is 4.67. The van der Waals surface area contributed by atoms with Gasteiger partial charge in [-0.1, -0.05) is 24.3 Å². The second-order valence-electron chi connectivity index (χ2n) is 6.75. The number of sulfonamides is 1. The van der Waals surface area contributed by atoms with Gasteiger partial charge in [-0.05, 0) is 66.8 Å².